The van der Waals surface area contributed by atoms with Crippen LogP contribution in [0.15, 0.2) is 47.7 Å². The van der Waals surface area contributed by atoms with Gasteiger partial charge in [0.15, 0.2) is 5.82 Å². The van der Waals surface area contributed by atoms with E-state index in [0.29, 0.717) is 18.7 Å². The summed E-state index contributed by atoms with van der Waals surface area (Å²) in [6.45, 7) is 1.69. The molecular formula is C18H20N6O2. The fraction of sp³-hybridized carbons (Fsp3) is 0.278. The van der Waals surface area contributed by atoms with E-state index in [-0.39, 0.29) is 5.56 Å². The number of hydrogen-bond donors (Lipinski definition) is 2. The molecule has 0 saturated carbocycles. The third kappa shape index (κ3) is 3.06. The number of aromatic nitrogens is 2. The van der Waals surface area contributed by atoms with Crippen molar-refractivity contribution in [2.75, 3.05) is 23.0 Å². The topological polar surface area (TPSA) is 82.5 Å². The van der Waals surface area contributed by atoms with Crippen molar-refractivity contribution in [3.8, 4) is 5.69 Å². The minimum Gasteiger partial charge on any atom is -0.352 e. The van der Waals surface area contributed by atoms with Crippen LogP contribution in [-0.4, -0.2) is 28.9 Å². The molecule has 1 fully saturated rings. The number of nitrogens with one attached hydrogen (secondary N) is 2. The number of rotatable bonds is 6. The summed E-state index contributed by atoms with van der Waals surface area (Å²) in [6.07, 6.45) is 8.26. The van der Waals surface area contributed by atoms with Gasteiger partial charge in [-0.05, 0) is 37.1 Å². The number of hydrogen-bond acceptors (Lipinski definition) is 7. The van der Waals surface area contributed by atoms with Crippen LogP contribution >= 0.6 is 0 Å². The van der Waals surface area contributed by atoms with Crippen molar-refractivity contribution in [3.05, 3.63) is 58.9 Å². The highest BCUT2D eigenvalue weighted by Crippen LogP contribution is 2.19. The quantitative estimate of drug-likeness (QED) is 0.747. The Balaban J connectivity index is 1.70. The largest absolute Gasteiger partial charge is 0.352 e. The second-order valence-electron chi connectivity index (χ2n) is 6.24. The van der Waals surface area contributed by atoms with Gasteiger partial charge in [-0.25, -0.2) is 4.98 Å². The molecule has 0 aliphatic carbocycles. The molecule has 3 heterocycles. The van der Waals surface area contributed by atoms with Gasteiger partial charge in [-0.1, -0.05) is 0 Å². The number of carbonyl (C=O) groups is 1. The van der Waals surface area contributed by atoms with Crippen LogP contribution in [0.1, 0.15) is 18.5 Å². The lowest BCUT2D eigenvalue weighted by molar-refractivity contribution is -0.107. The predicted octanol–water partition coefficient (Wildman–Crippen LogP) is 0.874. The summed E-state index contributed by atoms with van der Waals surface area (Å²) >= 11 is 0. The Labute approximate surface area is 150 Å². The van der Waals surface area contributed by atoms with Crippen LogP contribution in [0.25, 0.3) is 5.69 Å². The van der Waals surface area contributed by atoms with E-state index >= 15 is 0 Å². The van der Waals surface area contributed by atoms with Crippen molar-refractivity contribution in [2.45, 2.75) is 19.3 Å². The smallest absolute Gasteiger partial charge is 0.298 e. The summed E-state index contributed by atoms with van der Waals surface area (Å²) in [5, 5.41) is 1.83. The van der Waals surface area contributed by atoms with Crippen LogP contribution in [-0.2, 0) is 11.2 Å². The summed E-state index contributed by atoms with van der Waals surface area (Å²) in [7, 11) is 0. The van der Waals surface area contributed by atoms with Gasteiger partial charge in [-0.3, -0.25) is 14.4 Å². The lowest BCUT2D eigenvalue weighted by atomic mass is 10.2. The van der Waals surface area contributed by atoms with E-state index in [1.807, 2.05) is 40.4 Å². The molecule has 0 spiro atoms. The van der Waals surface area contributed by atoms with Gasteiger partial charge in [0, 0.05) is 43.8 Å². The number of aryl methyl sites for hydroxylation is 1. The first kappa shape index (κ1) is 16.3. The van der Waals surface area contributed by atoms with Crippen LogP contribution < -0.4 is 26.4 Å². The van der Waals surface area contributed by atoms with Crippen molar-refractivity contribution in [1.29, 1.82) is 0 Å². The zero-order valence-electron chi connectivity index (χ0n) is 14.3. The minimum absolute atomic E-state index is 0.131. The Morgan fingerprint density at radius 3 is 2.54 bits per heavy atom. The fourth-order valence-corrected chi connectivity index (χ4v) is 2.96. The zero-order valence-corrected chi connectivity index (χ0v) is 14.3. The molecule has 1 aromatic heterocycles. The summed E-state index contributed by atoms with van der Waals surface area (Å²) in [5.41, 5.74) is 8.18. The lowest BCUT2D eigenvalue weighted by Crippen LogP contribution is -2.42. The first-order valence-corrected chi connectivity index (χ1v) is 8.65. The van der Waals surface area contributed by atoms with Gasteiger partial charge in [-0.2, -0.15) is 0 Å². The number of aldehydes is 1. The molecule has 0 bridgehead atoms. The Bertz CT molecular complexity index is 886. The fourth-order valence-electron chi connectivity index (χ4n) is 2.96. The minimum atomic E-state index is -0.131. The Morgan fingerprint density at radius 1 is 1.15 bits per heavy atom. The molecule has 1 aromatic carbocycles. The van der Waals surface area contributed by atoms with Gasteiger partial charge in [0.2, 0.25) is 0 Å². The van der Waals surface area contributed by atoms with E-state index in [0.717, 1.165) is 42.9 Å². The molecule has 2 N–H and O–H groups in total. The second kappa shape index (κ2) is 7.01. The molecule has 1 saturated heterocycles. The molecule has 8 nitrogen and oxygen atoms in total. The maximum atomic E-state index is 12.9. The summed E-state index contributed by atoms with van der Waals surface area (Å²) < 4.78 is 1.62. The highest BCUT2D eigenvalue weighted by molar-refractivity contribution is 5.54. The highest BCUT2D eigenvalue weighted by Gasteiger charge is 2.21. The van der Waals surface area contributed by atoms with E-state index in [1.165, 1.54) is 0 Å². The number of carbonyl (C=O) groups excluding carboxylic acids is 1. The third-order valence-electron chi connectivity index (χ3n) is 4.51. The van der Waals surface area contributed by atoms with Gasteiger partial charge >= 0.3 is 0 Å². The van der Waals surface area contributed by atoms with Gasteiger partial charge in [0.05, 0.1) is 11.4 Å². The summed E-state index contributed by atoms with van der Waals surface area (Å²) in [6, 6.07) is 7.66. The number of anilines is 2. The molecule has 0 atom stereocenters. The molecule has 2 aliphatic heterocycles. The summed E-state index contributed by atoms with van der Waals surface area (Å²) in [5.74, 6) is 0.470. The second-order valence-corrected chi connectivity index (χ2v) is 6.24. The van der Waals surface area contributed by atoms with E-state index in [1.54, 1.807) is 17.0 Å². The first-order valence-electron chi connectivity index (χ1n) is 8.65. The maximum absolute atomic E-state index is 12.9. The SMILES string of the molecule is O=CCCc1cn(-c2ccc(N3C=CNN3)cc2)c(=O)c(N2CCC2)n1. The molecule has 26 heavy (non-hydrogen) atoms. The Hall–Kier alpha value is -3.13. The van der Waals surface area contributed by atoms with Crippen molar-refractivity contribution in [3.63, 3.8) is 0 Å². The molecule has 2 aromatic rings. The number of benzene rings is 1. The van der Waals surface area contributed by atoms with Crippen molar-refractivity contribution in [1.82, 2.24) is 20.5 Å². The molecular weight excluding hydrogens is 332 g/mol. The van der Waals surface area contributed by atoms with E-state index < -0.39 is 0 Å². The predicted molar refractivity (Wildman–Crippen MR) is 98.9 cm³/mol. The summed E-state index contributed by atoms with van der Waals surface area (Å²) in [4.78, 5) is 30.1. The van der Waals surface area contributed by atoms with Crippen LogP contribution in [0.2, 0.25) is 0 Å². The van der Waals surface area contributed by atoms with Crippen LogP contribution in [0, 0.1) is 0 Å². The molecule has 4 rings (SSSR count). The van der Waals surface area contributed by atoms with E-state index in [4.69, 9.17) is 0 Å². The van der Waals surface area contributed by atoms with Crippen molar-refractivity contribution < 1.29 is 4.79 Å². The van der Waals surface area contributed by atoms with E-state index in [9.17, 15) is 9.59 Å². The average Bonchev–Trinajstić information content (AvgIpc) is 3.15. The first-order chi connectivity index (χ1) is 12.8. The maximum Gasteiger partial charge on any atom is 0.298 e. The average molecular weight is 352 g/mol. The molecule has 0 radical (unpaired) electrons. The zero-order chi connectivity index (χ0) is 17.9. The molecule has 0 unspecified atom stereocenters. The molecule has 0 amide bonds. The number of hydrazine groups is 2. The van der Waals surface area contributed by atoms with E-state index in [2.05, 4.69) is 15.9 Å². The molecule has 8 heteroatoms. The standard InChI is InChI=1S/C18H20N6O2/c25-12-1-3-14-13-23(18(26)17(20-14)22-9-2-10-22)15-4-6-16(7-5-15)24-11-8-19-21-24/h4-8,11-13,19,21H,1-3,9-10H2. The number of nitrogens with zero attached hydrogens (tertiary/aromatic N) is 4. The molecule has 134 valence electrons. The van der Waals surface area contributed by atoms with Gasteiger partial charge in [-0.15, -0.1) is 5.53 Å². The Morgan fingerprint density at radius 2 is 1.92 bits per heavy atom. The van der Waals surface area contributed by atoms with Crippen molar-refractivity contribution in [2.24, 2.45) is 0 Å². The van der Waals surface area contributed by atoms with Gasteiger partial charge < -0.3 is 15.1 Å². The normalized spacial score (nSPS) is 15.7. The molecule has 2 aliphatic rings. The monoisotopic (exact) mass is 352 g/mol. The lowest BCUT2D eigenvalue weighted by Gasteiger charge is -2.31. The van der Waals surface area contributed by atoms with Gasteiger partial charge in [0.1, 0.15) is 6.29 Å². The third-order valence-corrected chi connectivity index (χ3v) is 4.51. The highest BCUT2D eigenvalue weighted by atomic mass is 16.1. The van der Waals surface area contributed by atoms with Crippen LogP contribution in [0.4, 0.5) is 11.5 Å². The van der Waals surface area contributed by atoms with Crippen LogP contribution in [0.5, 0.6) is 0 Å². The Kier molecular flexibility index (Phi) is 4.40. The van der Waals surface area contributed by atoms with Crippen molar-refractivity contribution >= 4 is 17.8 Å². The van der Waals surface area contributed by atoms with Gasteiger partial charge in [0.25, 0.3) is 5.56 Å². The van der Waals surface area contributed by atoms with Crippen LogP contribution in [0.3, 0.4) is 0 Å².